The number of rotatable bonds is 7. The SMILES string of the molecule is CCCC(CCBr)CNC(=O)c1ccco1. The van der Waals surface area contributed by atoms with E-state index in [1.165, 1.54) is 6.26 Å². The van der Waals surface area contributed by atoms with E-state index in [2.05, 4.69) is 28.2 Å². The third kappa shape index (κ3) is 4.39. The van der Waals surface area contributed by atoms with Crippen molar-refractivity contribution >= 4 is 21.8 Å². The number of halogens is 1. The van der Waals surface area contributed by atoms with Crippen LogP contribution in [-0.4, -0.2) is 17.8 Å². The van der Waals surface area contributed by atoms with E-state index in [9.17, 15) is 4.79 Å². The minimum absolute atomic E-state index is 0.124. The number of hydrogen-bond donors (Lipinski definition) is 1. The summed E-state index contributed by atoms with van der Waals surface area (Å²) >= 11 is 3.43. The van der Waals surface area contributed by atoms with E-state index in [0.29, 0.717) is 11.7 Å². The summed E-state index contributed by atoms with van der Waals surface area (Å²) in [6.07, 6.45) is 4.89. The van der Waals surface area contributed by atoms with Gasteiger partial charge in [-0.2, -0.15) is 0 Å². The predicted octanol–water partition coefficient (Wildman–Crippen LogP) is 3.21. The molecule has 1 aromatic rings. The van der Waals surface area contributed by atoms with Crippen molar-refractivity contribution in [2.24, 2.45) is 5.92 Å². The molecule has 0 aromatic carbocycles. The van der Waals surface area contributed by atoms with E-state index in [1.807, 2.05) is 0 Å². The van der Waals surface area contributed by atoms with Crippen LogP contribution < -0.4 is 5.32 Å². The van der Waals surface area contributed by atoms with Crippen LogP contribution in [0.5, 0.6) is 0 Å². The van der Waals surface area contributed by atoms with E-state index in [0.717, 1.165) is 31.1 Å². The Morgan fingerprint density at radius 3 is 2.94 bits per heavy atom. The van der Waals surface area contributed by atoms with Crippen LogP contribution >= 0.6 is 15.9 Å². The van der Waals surface area contributed by atoms with Crippen molar-refractivity contribution < 1.29 is 9.21 Å². The zero-order valence-electron chi connectivity index (χ0n) is 9.54. The molecule has 0 aliphatic rings. The maximum absolute atomic E-state index is 11.6. The van der Waals surface area contributed by atoms with Crippen LogP contribution in [0.2, 0.25) is 0 Å². The zero-order chi connectivity index (χ0) is 11.8. The van der Waals surface area contributed by atoms with Gasteiger partial charge < -0.3 is 9.73 Å². The maximum atomic E-state index is 11.6. The molecule has 3 nitrogen and oxygen atoms in total. The molecule has 0 aliphatic carbocycles. The van der Waals surface area contributed by atoms with Gasteiger partial charge in [-0.05, 0) is 30.9 Å². The van der Waals surface area contributed by atoms with Crippen molar-refractivity contribution in [1.29, 1.82) is 0 Å². The molecule has 0 radical (unpaired) electrons. The van der Waals surface area contributed by atoms with Crippen molar-refractivity contribution in [3.63, 3.8) is 0 Å². The fourth-order valence-corrected chi connectivity index (χ4v) is 2.29. The van der Waals surface area contributed by atoms with E-state index < -0.39 is 0 Å². The first-order valence-corrected chi connectivity index (χ1v) is 6.77. The second kappa shape index (κ2) is 7.49. The normalized spacial score (nSPS) is 12.4. The Hall–Kier alpha value is -0.770. The molecular weight excluding hydrogens is 270 g/mol. The van der Waals surface area contributed by atoms with Gasteiger partial charge in [0.25, 0.3) is 5.91 Å². The van der Waals surface area contributed by atoms with Gasteiger partial charge in [0.15, 0.2) is 5.76 Å². The molecule has 1 atom stereocenters. The molecule has 0 aliphatic heterocycles. The second-order valence-electron chi connectivity index (χ2n) is 3.82. The van der Waals surface area contributed by atoms with Crippen LogP contribution in [0.1, 0.15) is 36.7 Å². The molecule has 1 aromatic heterocycles. The molecule has 1 rings (SSSR count). The smallest absolute Gasteiger partial charge is 0.286 e. The number of amides is 1. The van der Waals surface area contributed by atoms with Crippen LogP contribution in [0.15, 0.2) is 22.8 Å². The highest BCUT2D eigenvalue weighted by atomic mass is 79.9. The van der Waals surface area contributed by atoms with Crippen molar-refractivity contribution in [1.82, 2.24) is 5.32 Å². The first kappa shape index (κ1) is 13.3. The number of nitrogens with one attached hydrogen (secondary N) is 1. The van der Waals surface area contributed by atoms with Gasteiger partial charge >= 0.3 is 0 Å². The molecule has 4 heteroatoms. The molecule has 16 heavy (non-hydrogen) atoms. The average Bonchev–Trinajstić information content (AvgIpc) is 2.79. The summed E-state index contributed by atoms with van der Waals surface area (Å²) in [5.41, 5.74) is 0. The van der Waals surface area contributed by atoms with Gasteiger partial charge in [-0.15, -0.1) is 0 Å². The zero-order valence-corrected chi connectivity index (χ0v) is 11.1. The van der Waals surface area contributed by atoms with E-state index in [1.54, 1.807) is 12.1 Å². The molecule has 1 unspecified atom stereocenters. The molecular formula is C12H18BrNO2. The highest BCUT2D eigenvalue weighted by Gasteiger charge is 2.11. The second-order valence-corrected chi connectivity index (χ2v) is 4.61. The first-order valence-electron chi connectivity index (χ1n) is 5.65. The summed E-state index contributed by atoms with van der Waals surface area (Å²) < 4.78 is 5.03. The van der Waals surface area contributed by atoms with Crippen LogP contribution in [0.25, 0.3) is 0 Å². The minimum Gasteiger partial charge on any atom is -0.459 e. The lowest BCUT2D eigenvalue weighted by molar-refractivity contribution is 0.0918. The third-order valence-corrected chi connectivity index (χ3v) is 2.97. The summed E-state index contributed by atoms with van der Waals surface area (Å²) in [7, 11) is 0. The highest BCUT2D eigenvalue weighted by molar-refractivity contribution is 9.09. The van der Waals surface area contributed by atoms with Crippen LogP contribution in [0.4, 0.5) is 0 Å². The molecule has 1 heterocycles. The maximum Gasteiger partial charge on any atom is 0.286 e. The Morgan fingerprint density at radius 1 is 1.56 bits per heavy atom. The van der Waals surface area contributed by atoms with Crippen LogP contribution in [0.3, 0.4) is 0 Å². The van der Waals surface area contributed by atoms with Gasteiger partial charge in [-0.3, -0.25) is 4.79 Å². The quantitative estimate of drug-likeness (QED) is 0.783. The number of hydrogen-bond acceptors (Lipinski definition) is 2. The first-order chi connectivity index (χ1) is 7.77. The topological polar surface area (TPSA) is 42.2 Å². The van der Waals surface area contributed by atoms with Gasteiger partial charge in [0.2, 0.25) is 0 Å². The van der Waals surface area contributed by atoms with Gasteiger partial charge in [-0.25, -0.2) is 0 Å². The van der Waals surface area contributed by atoms with Gasteiger partial charge in [0.05, 0.1) is 6.26 Å². The summed E-state index contributed by atoms with van der Waals surface area (Å²) in [5, 5.41) is 3.88. The predicted molar refractivity (Wildman–Crippen MR) is 67.9 cm³/mol. The Bertz CT molecular complexity index is 292. The Labute approximate surface area is 105 Å². The lowest BCUT2D eigenvalue weighted by atomic mass is 10.0. The molecule has 1 N–H and O–H groups in total. The van der Waals surface area contributed by atoms with Crippen molar-refractivity contribution in [3.8, 4) is 0 Å². The van der Waals surface area contributed by atoms with Gasteiger partial charge in [0, 0.05) is 11.9 Å². The Balaban J connectivity index is 2.34. The summed E-state index contributed by atoms with van der Waals surface area (Å²) in [6, 6.07) is 3.39. The fourth-order valence-electron chi connectivity index (χ4n) is 1.64. The third-order valence-electron chi connectivity index (χ3n) is 2.51. The Morgan fingerprint density at radius 2 is 2.38 bits per heavy atom. The minimum atomic E-state index is -0.124. The van der Waals surface area contributed by atoms with Crippen LogP contribution in [0, 0.1) is 5.92 Å². The Kier molecular flexibility index (Phi) is 6.23. The molecule has 0 bridgehead atoms. The fraction of sp³-hybridized carbons (Fsp3) is 0.583. The van der Waals surface area contributed by atoms with Gasteiger partial charge in [0.1, 0.15) is 0 Å². The monoisotopic (exact) mass is 287 g/mol. The molecule has 0 saturated carbocycles. The summed E-state index contributed by atoms with van der Waals surface area (Å²) in [4.78, 5) is 11.6. The largest absolute Gasteiger partial charge is 0.459 e. The lowest BCUT2D eigenvalue weighted by Gasteiger charge is -2.14. The molecule has 0 saturated heterocycles. The molecule has 0 fully saturated rings. The van der Waals surface area contributed by atoms with E-state index in [4.69, 9.17) is 4.42 Å². The lowest BCUT2D eigenvalue weighted by Crippen LogP contribution is -2.29. The van der Waals surface area contributed by atoms with Crippen molar-refractivity contribution in [3.05, 3.63) is 24.2 Å². The highest BCUT2D eigenvalue weighted by Crippen LogP contribution is 2.12. The molecule has 0 spiro atoms. The van der Waals surface area contributed by atoms with Gasteiger partial charge in [-0.1, -0.05) is 29.3 Å². The molecule has 1 amide bonds. The number of carbonyl (C=O) groups is 1. The summed E-state index contributed by atoms with van der Waals surface area (Å²) in [6.45, 7) is 2.88. The van der Waals surface area contributed by atoms with E-state index in [-0.39, 0.29) is 5.91 Å². The van der Waals surface area contributed by atoms with Crippen molar-refractivity contribution in [2.75, 3.05) is 11.9 Å². The molecule has 90 valence electrons. The summed E-state index contributed by atoms with van der Waals surface area (Å²) in [5.74, 6) is 0.804. The van der Waals surface area contributed by atoms with Crippen molar-refractivity contribution in [2.45, 2.75) is 26.2 Å². The number of furan rings is 1. The number of carbonyl (C=O) groups excluding carboxylic acids is 1. The average molecular weight is 288 g/mol. The van der Waals surface area contributed by atoms with E-state index >= 15 is 0 Å². The van der Waals surface area contributed by atoms with Crippen LogP contribution in [-0.2, 0) is 0 Å². The standard InChI is InChI=1S/C12H18BrNO2/c1-2-4-10(6-7-13)9-14-12(15)11-5-3-8-16-11/h3,5,8,10H,2,4,6-7,9H2,1H3,(H,14,15). The number of alkyl halides is 1.